The van der Waals surface area contributed by atoms with Crippen molar-refractivity contribution in [2.75, 3.05) is 6.61 Å². The van der Waals surface area contributed by atoms with Crippen LogP contribution >= 0.6 is 0 Å². The maximum Gasteiger partial charge on any atom is 0.119 e. The second-order valence-corrected chi connectivity index (χ2v) is 5.15. The molecule has 0 atom stereocenters. The number of ether oxygens (including phenoxy) is 1. The maximum atomic E-state index is 5.81. The van der Waals surface area contributed by atoms with Gasteiger partial charge in [-0.2, -0.15) is 0 Å². The SMILES string of the molecule is CCCCOc1cc([C](C)C)cc(C(C)C)c1. The third kappa shape index (κ3) is 4.41. The van der Waals surface area contributed by atoms with Crippen LogP contribution in [0.25, 0.3) is 0 Å². The summed E-state index contributed by atoms with van der Waals surface area (Å²) in [6, 6.07) is 6.59. The first-order valence-electron chi connectivity index (χ1n) is 6.63. The predicted octanol–water partition coefficient (Wildman–Crippen LogP) is 4.95. The molecular weight excluding hydrogens is 208 g/mol. The first-order valence-corrected chi connectivity index (χ1v) is 6.63. The van der Waals surface area contributed by atoms with Gasteiger partial charge in [-0.3, -0.25) is 0 Å². The second-order valence-electron chi connectivity index (χ2n) is 5.15. The van der Waals surface area contributed by atoms with E-state index in [9.17, 15) is 0 Å². The molecule has 1 rings (SSSR count). The van der Waals surface area contributed by atoms with E-state index in [1.807, 2.05) is 0 Å². The average molecular weight is 233 g/mol. The standard InChI is InChI=1S/C16H25O/c1-6-7-8-17-16-10-14(12(2)3)9-15(11-16)13(4)5/h9-12H,6-8H2,1-5H3. The van der Waals surface area contributed by atoms with E-state index in [0.717, 1.165) is 18.8 Å². The van der Waals surface area contributed by atoms with Gasteiger partial charge in [0.2, 0.25) is 0 Å². The van der Waals surface area contributed by atoms with Gasteiger partial charge in [-0.1, -0.05) is 47.1 Å². The van der Waals surface area contributed by atoms with E-state index in [-0.39, 0.29) is 0 Å². The Hall–Kier alpha value is -0.980. The zero-order chi connectivity index (χ0) is 12.8. The normalized spacial score (nSPS) is 11.2. The molecule has 1 nitrogen and oxygen atoms in total. The smallest absolute Gasteiger partial charge is 0.119 e. The van der Waals surface area contributed by atoms with Crippen molar-refractivity contribution in [2.45, 2.75) is 53.4 Å². The van der Waals surface area contributed by atoms with Gasteiger partial charge >= 0.3 is 0 Å². The molecule has 17 heavy (non-hydrogen) atoms. The Kier molecular flexibility index (Phi) is 5.54. The minimum atomic E-state index is 0.544. The Labute approximate surface area is 106 Å². The summed E-state index contributed by atoms with van der Waals surface area (Å²) >= 11 is 0. The highest BCUT2D eigenvalue weighted by Gasteiger charge is 2.08. The van der Waals surface area contributed by atoms with Crippen LogP contribution in [0.4, 0.5) is 0 Å². The zero-order valence-electron chi connectivity index (χ0n) is 11.8. The van der Waals surface area contributed by atoms with Crippen LogP contribution < -0.4 is 4.74 Å². The van der Waals surface area contributed by atoms with Crippen LogP contribution in [0.15, 0.2) is 18.2 Å². The lowest BCUT2D eigenvalue weighted by molar-refractivity contribution is 0.309. The largest absolute Gasteiger partial charge is 0.494 e. The van der Waals surface area contributed by atoms with Gasteiger partial charge in [-0.25, -0.2) is 0 Å². The lowest BCUT2D eigenvalue weighted by atomic mass is 9.95. The summed E-state index contributed by atoms with van der Waals surface area (Å²) in [6.07, 6.45) is 2.30. The number of benzene rings is 1. The van der Waals surface area contributed by atoms with Gasteiger partial charge in [0.15, 0.2) is 0 Å². The van der Waals surface area contributed by atoms with Crippen LogP contribution in [0.1, 0.15) is 64.5 Å². The van der Waals surface area contributed by atoms with Gasteiger partial charge in [-0.15, -0.1) is 0 Å². The lowest BCUT2D eigenvalue weighted by Gasteiger charge is -2.14. The lowest BCUT2D eigenvalue weighted by Crippen LogP contribution is -2.00. The van der Waals surface area contributed by atoms with Crippen LogP contribution in [0.5, 0.6) is 5.75 Å². The molecule has 0 heterocycles. The number of hydrogen-bond acceptors (Lipinski definition) is 1. The minimum absolute atomic E-state index is 0.544. The second kappa shape index (κ2) is 6.68. The van der Waals surface area contributed by atoms with Crippen molar-refractivity contribution in [3.05, 3.63) is 35.2 Å². The summed E-state index contributed by atoms with van der Waals surface area (Å²) in [7, 11) is 0. The van der Waals surface area contributed by atoms with Gasteiger partial charge < -0.3 is 4.74 Å². The van der Waals surface area contributed by atoms with Crippen molar-refractivity contribution in [3.8, 4) is 5.75 Å². The Bertz CT molecular complexity index is 313. The Balaban J connectivity index is 2.88. The quantitative estimate of drug-likeness (QED) is 0.632. The topological polar surface area (TPSA) is 9.23 Å². The summed E-state index contributed by atoms with van der Waals surface area (Å²) in [4.78, 5) is 0. The van der Waals surface area contributed by atoms with Crippen LogP contribution in [0, 0.1) is 5.92 Å². The fourth-order valence-corrected chi connectivity index (χ4v) is 1.66. The fourth-order valence-electron chi connectivity index (χ4n) is 1.66. The summed E-state index contributed by atoms with van der Waals surface area (Å²) < 4.78 is 5.81. The van der Waals surface area contributed by atoms with Crippen LogP contribution in [0.2, 0.25) is 0 Å². The Morgan fingerprint density at radius 1 is 1.18 bits per heavy atom. The molecule has 0 N–H and O–H groups in total. The van der Waals surface area contributed by atoms with Gasteiger partial charge in [0, 0.05) is 0 Å². The summed E-state index contributed by atoms with van der Waals surface area (Å²) in [5, 5.41) is 0. The van der Waals surface area contributed by atoms with Crippen molar-refractivity contribution in [1.29, 1.82) is 0 Å². The van der Waals surface area contributed by atoms with Gasteiger partial charge in [-0.05, 0) is 41.5 Å². The molecule has 0 bridgehead atoms. The molecular formula is C16H25O. The molecule has 1 aromatic rings. The van der Waals surface area contributed by atoms with Crippen LogP contribution in [-0.4, -0.2) is 6.61 Å². The molecule has 1 aromatic carbocycles. The molecule has 1 heteroatoms. The van der Waals surface area contributed by atoms with E-state index in [1.165, 1.54) is 23.5 Å². The molecule has 0 amide bonds. The van der Waals surface area contributed by atoms with Crippen molar-refractivity contribution < 1.29 is 4.74 Å². The first-order chi connectivity index (χ1) is 8.04. The molecule has 0 aromatic heterocycles. The highest BCUT2D eigenvalue weighted by Crippen LogP contribution is 2.26. The van der Waals surface area contributed by atoms with Gasteiger partial charge in [0.25, 0.3) is 0 Å². The maximum absolute atomic E-state index is 5.81. The molecule has 1 radical (unpaired) electrons. The molecule has 0 saturated heterocycles. The number of unbranched alkanes of at least 4 members (excludes halogenated alkanes) is 1. The van der Waals surface area contributed by atoms with Crippen molar-refractivity contribution in [1.82, 2.24) is 0 Å². The fraction of sp³-hybridized carbons (Fsp3) is 0.562. The number of hydrogen-bond donors (Lipinski definition) is 0. The van der Waals surface area contributed by atoms with Gasteiger partial charge in [0.1, 0.15) is 5.75 Å². The average Bonchev–Trinajstić information content (AvgIpc) is 2.29. The van der Waals surface area contributed by atoms with E-state index in [4.69, 9.17) is 4.74 Å². The van der Waals surface area contributed by atoms with E-state index in [2.05, 4.69) is 52.8 Å². The summed E-state index contributed by atoms with van der Waals surface area (Å²) in [5.41, 5.74) is 2.65. The number of rotatable bonds is 6. The highest BCUT2D eigenvalue weighted by atomic mass is 16.5. The molecule has 0 spiro atoms. The summed E-state index contributed by atoms with van der Waals surface area (Å²) in [6.45, 7) is 11.7. The van der Waals surface area contributed by atoms with E-state index in [0.29, 0.717) is 5.92 Å². The van der Waals surface area contributed by atoms with Gasteiger partial charge in [0.05, 0.1) is 6.61 Å². The molecule has 0 aliphatic carbocycles. The zero-order valence-corrected chi connectivity index (χ0v) is 11.8. The molecule has 0 saturated carbocycles. The molecule has 0 aliphatic heterocycles. The summed E-state index contributed by atoms with van der Waals surface area (Å²) in [5.74, 6) is 2.90. The van der Waals surface area contributed by atoms with E-state index < -0.39 is 0 Å². The van der Waals surface area contributed by atoms with Crippen molar-refractivity contribution in [2.24, 2.45) is 0 Å². The van der Waals surface area contributed by atoms with Crippen molar-refractivity contribution in [3.63, 3.8) is 0 Å². The van der Waals surface area contributed by atoms with E-state index >= 15 is 0 Å². The molecule has 0 aliphatic rings. The van der Waals surface area contributed by atoms with Crippen molar-refractivity contribution >= 4 is 0 Å². The molecule has 0 fully saturated rings. The molecule has 0 unspecified atom stereocenters. The predicted molar refractivity (Wildman–Crippen MR) is 74.6 cm³/mol. The highest BCUT2D eigenvalue weighted by molar-refractivity contribution is 5.41. The Morgan fingerprint density at radius 2 is 1.88 bits per heavy atom. The van der Waals surface area contributed by atoms with Crippen LogP contribution in [-0.2, 0) is 0 Å². The van der Waals surface area contributed by atoms with E-state index in [1.54, 1.807) is 0 Å². The minimum Gasteiger partial charge on any atom is -0.494 e. The third-order valence-corrected chi connectivity index (χ3v) is 2.94. The Morgan fingerprint density at radius 3 is 2.41 bits per heavy atom. The molecule has 95 valence electrons. The monoisotopic (exact) mass is 233 g/mol. The van der Waals surface area contributed by atoms with Crippen LogP contribution in [0.3, 0.4) is 0 Å². The third-order valence-electron chi connectivity index (χ3n) is 2.94. The first kappa shape index (κ1) is 14.1.